The first-order valence-corrected chi connectivity index (χ1v) is 6.93. The number of fused-ring (bicyclic) bond motifs is 1. The van der Waals surface area contributed by atoms with Crippen LogP contribution in [0.3, 0.4) is 0 Å². The largest absolute Gasteiger partial charge is 0.388 e. The average molecular weight is 260 g/mol. The van der Waals surface area contributed by atoms with Gasteiger partial charge in [0.25, 0.3) is 0 Å². The number of benzene rings is 1. The Balaban J connectivity index is 2.06. The lowest BCUT2D eigenvalue weighted by atomic mass is 9.94. The molecule has 19 heavy (non-hydrogen) atoms. The van der Waals surface area contributed by atoms with Gasteiger partial charge in [-0.1, -0.05) is 18.9 Å². The summed E-state index contributed by atoms with van der Waals surface area (Å²) < 4.78 is 3.28. The van der Waals surface area contributed by atoms with E-state index in [0.717, 1.165) is 29.4 Å². The van der Waals surface area contributed by atoms with E-state index in [-0.39, 0.29) is 5.69 Å². The highest BCUT2D eigenvalue weighted by Gasteiger charge is 2.25. The Kier molecular flexibility index (Phi) is 2.97. The van der Waals surface area contributed by atoms with Gasteiger partial charge in [-0.3, -0.25) is 9.13 Å². The van der Waals surface area contributed by atoms with Gasteiger partial charge in [-0.2, -0.15) is 0 Å². The fraction of sp³-hybridized carbons (Fsp3) is 0.533. The topological polar surface area (TPSA) is 47.2 Å². The van der Waals surface area contributed by atoms with Crippen LogP contribution in [-0.4, -0.2) is 14.2 Å². The molecule has 0 radical (unpaired) electrons. The molecule has 0 saturated heterocycles. The lowest BCUT2D eigenvalue weighted by molar-refractivity contribution is 0.112. The van der Waals surface area contributed by atoms with Crippen LogP contribution in [0.1, 0.15) is 37.4 Å². The molecule has 102 valence electrons. The van der Waals surface area contributed by atoms with Crippen LogP contribution in [0.5, 0.6) is 0 Å². The number of aryl methyl sites for hydroxylation is 2. The van der Waals surface area contributed by atoms with Gasteiger partial charge in [-0.25, -0.2) is 4.79 Å². The monoisotopic (exact) mass is 260 g/mol. The first-order valence-electron chi connectivity index (χ1n) is 6.93. The van der Waals surface area contributed by atoms with Gasteiger partial charge in [0.15, 0.2) is 0 Å². The maximum atomic E-state index is 11.9. The molecule has 0 amide bonds. The molecular formula is C15H20N2O2. The number of hydrogen-bond donors (Lipinski definition) is 1. The molecule has 1 aliphatic carbocycles. The number of imidazole rings is 1. The van der Waals surface area contributed by atoms with E-state index in [2.05, 4.69) is 0 Å². The van der Waals surface area contributed by atoms with Gasteiger partial charge in [0.2, 0.25) is 0 Å². The summed E-state index contributed by atoms with van der Waals surface area (Å²) in [5, 5.41) is 10.5. The SMILES string of the molecule is Cn1c(=O)n(C)c2cc(C(O)C3CCCC3)ccc21. The normalized spacial score (nSPS) is 18.3. The highest BCUT2D eigenvalue weighted by Crippen LogP contribution is 2.36. The Hall–Kier alpha value is -1.55. The standard InChI is InChI=1S/C15H20N2O2/c1-16-12-8-7-11(9-13(12)17(2)15(16)19)14(18)10-5-3-4-6-10/h7-10,14,18H,3-6H2,1-2H3. The summed E-state index contributed by atoms with van der Waals surface area (Å²) in [5.74, 6) is 0.373. The zero-order valence-electron chi connectivity index (χ0n) is 11.5. The van der Waals surface area contributed by atoms with Gasteiger partial charge in [-0.15, -0.1) is 0 Å². The number of nitrogens with zero attached hydrogens (tertiary/aromatic N) is 2. The third-order valence-corrected chi connectivity index (χ3v) is 4.48. The van der Waals surface area contributed by atoms with E-state index in [1.807, 2.05) is 18.2 Å². The maximum Gasteiger partial charge on any atom is 0.328 e. The Labute approximate surface area is 112 Å². The summed E-state index contributed by atoms with van der Waals surface area (Å²) in [7, 11) is 3.55. The maximum absolute atomic E-state index is 11.9. The fourth-order valence-corrected chi connectivity index (χ4v) is 3.25. The van der Waals surface area contributed by atoms with Crippen LogP contribution >= 0.6 is 0 Å². The molecule has 1 fully saturated rings. The van der Waals surface area contributed by atoms with E-state index in [1.165, 1.54) is 12.8 Å². The molecular weight excluding hydrogens is 240 g/mol. The quantitative estimate of drug-likeness (QED) is 0.899. The Morgan fingerprint density at radius 2 is 1.79 bits per heavy atom. The van der Waals surface area contributed by atoms with Crippen molar-refractivity contribution in [1.29, 1.82) is 0 Å². The minimum Gasteiger partial charge on any atom is -0.388 e. The third-order valence-electron chi connectivity index (χ3n) is 4.48. The van der Waals surface area contributed by atoms with Gasteiger partial charge < -0.3 is 5.11 Å². The second kappa shape index (κ2) is 4.53. The van der Waals surface area contributed by atoms with Gasteiger partial charge >= 0.3 is 5.69 Å². The number of aliphatic hydroxyl groups excluding tert-OH is 1. The summed E-state index contributed by atoms with van der Waals surface area (Å²) in [5.41, 5.74) is 2.71. The second-order valence-corrected chi connectivity index (χ2v) is 5.64. The van der Waals surface area contributed by atoms with Crippen molar-refractivity contribution in [2.24, 2.45) is 20.0 Å². The summed E-state index contributed by atoms with van der Waals surface area (Å²) >= 11 is 0. The van der Waals surface area contributed by atoms with Gasteiger partial charge in [-0.05, 0) is 36.5 Å². The van der Waals surface area contributed by atoms with Crippen molar-refractivity contribution in [3.8, 4) is 0 Å². The van der Waals surface area contributed by atoms with Crippen molar-refractivity contribution in [1.82, 2.24) is 9.13 Å². The Morgan fingerprint density at radius 1 is 1.16 bits per heavy atom. The minimum absolute atomic E-state index is 0.0255. The molecule has 1 heterocycles. The van der Waals surface area contributed by atoms with Crippen LogP contribution in [0, 0.1) is 5.92 Å². The number of aliphatic hydroxyl groups is 1. The molecule has 1 N–H and O–H groups in total. The van der Waals surface area contributed by atoms with Crippen LogP contribution in [-0.2, 0) is 14.1 Å². The molecule has 1 unspecified atom stereocenters. The van der Waals surface area contributed by atoms with E-state index in [0.29, 0.717) is 5.92 Å². The lowest BCUT2D eigenvalue weighted by Gasteiger charge is -2.18. The van der Waals surface area contributed by atoms with Crippen molar-refractivity contribution in [3.63, 3.8) is 0 Å². The predicted molar refractivity (Wildman–Crippen MR) is 75.1 cm³/mol. The third kappa shape index (κ3) is 1.91. The van der Waals surface area contributed by atoms with Crippen molar-refractivity contribution >= 4 is 11.0 Å². The molecule has 1 atom stereocenters. The molecule has 4 heteroatoms. The molecule has 1 aromatic carbocycles. The van der Waals surface area contributed by atoms with Gasteiger partial charge in [0, 0.05) is 14.1 Å². The molecule has 1 saturated carbocycles. The first-order chi connectivity index (χ1) is 9.09. The zero-order valence-corrected chi connectivity index (χ0v) is 11.5. The minimum atomic E-state index is -0.401. The summed E-state index contributed by atoms with van der Waals surface area (Å²) in [6.07, 6.45) is 4.24. The highest BCUT2D eigenvalue weighted by atomic mass is 16.3. The van der Waals surface area contributed by atoms with Crippen LogP contribution in [0.15, 0.2) is 23.0 Å². The predicted octanol–water partition coefficient (Wildman–Crippen LogP) is 2.10. The van der Waals surface area contributed by atoms with Crippen molar-refractivity contribution in [2.75, 3.05) is 0 Å². The number of rotatable bonds is 2. The van der Waals surface area contributed by atoms with Gasteiger partial charge in [0.1, 0.15) is 0 Å². The van der Waals surface area contributed by atoms with Crippen molar-refractivity contribution in [3.05, 3.63) is 34.2 Å². The van der Waals surface area contributed by atoms with E-state index in [4.69, 9.17) is 0 Å². The number of hydrogen-bond acceptors (Lipinski definition) is 2. The number of aromatic nitrogens is 2. The van der Waals surface area contributed by atoms with Crippen LogP contribution in [0.2, 0.25) is 0 Å². The Morgan fingerprint density at radius 3 is 2.47 bits per heavy atom. The zero-order chi connectivity index (χ0) is 13.6. The van der Waals surface area contributed by atoms with Crippen LogP contribution in [0.25, 0.3) is 11.0 Å². The summed E-state index contributed by atoms with van der Waals surface area (Å²) in [4.78, 5) is 11.9. The Bertz CT molecular complexity index is 663. The average Bonchev–Trinajstić information content (AvgIpc) is 3.03. The van der Waals surface area contributed by atoms with E-state index in [1.54, 1.807) is 23.2 Å². The summed E-state index contributed by atoms with van der Waals surface area (Å²) in [6, 6.07) is 5.84. The molecule has 1 aromatic heterocycles. The second-order valence-electron chi connectivity index (χ2n) is 5.64. The molecule has 1 aliphatic rings. The molecule has 3 rings (SSSR count). The fourth-order valence-electron chi connectivity index (χ4n) is 3.25. The van der Waals surface area contributed by atoms with E-state index in [9.17, 15) is 9.90 Å². The van der Waals surface area contributed by atoms with Crippen molar-refractivity contribution in [2.45, 2.75) is 31.8 Å². The van der Waals surface area contributed by atoms with Gasteiger partial charge in [0.05, 0.1) is 17.1 Å². The molecule has 0 spiro atoms. The summed E-state index contributed by atoms with van der Waals surface area (Å²) in [6.45, 7) is 0. The van der Waals surface area contributed by atoms with Crippen LogP contribution in [0.4, 0.5) is 0 Å². The van der Waals surface area contributed by atoms with Crippen molar-refractivity contribution < 1.29 is 5.11 Å². The molecule has 2 aromatic rings. The van der Waals surface area contributed by atoms with E-state index >= 15 is 0 Å². The smallest absolute Gasteiger partial charge is 0.328 e. The molecule has 0 aliphatic heterocycles. The molecule has 0 bridgehead atoms. The highest BCUT2D eigenvalue weighted by molar-refractivity contribution is 5.76. The van der Waals surface area contributed by atoms with E-state index < -0.39 is 6.10 Å². The molecule has 4 nitrogen and oxygen atoms in total. The lowest BCUT2D eigenvalue weighted by Crippen LogP contribution is -2.19. The van der Waals surface area contributed by atoms with Crippen LogP contribution < -0.4 is 5.69 Å². The first kappa shape index (κ1) is 12.5.